The van der Waals surface area contributed by atoms with Gasteiger partial charge in [-0.2, -0.15) is 0 Å². The van der Waals surface area contributed by atoms with Crippen molar-refractivity contribution in [1.29, 1.82) is 0 Å². The Balaban J connectivity index is 1.70. The predicted octanol–water partition coefficient (Wildman–Crippen LogP) is 3.54. The number of nitrogens with two attached hydrogens (primary N) is 1. The van der Waals surface area contributed by atoms with Gasteiger partial charge < -0.3 is 15.6 Å². The number of benzene rings is 2. The molecule has 3 rings (SSSR count). The number of carbonyl (C=O) groups excluding carboxylic acids is 1. The molecule has 26 heavy (non-hydrogen) atoms. The number of aromatic nitrogens is 1. The van der Waals surface area contributed by atoms with Crippen LogP contribution in [0.25, 0.3) is 0 Å². The molecule has 0 bridgehead atoms. The first-order valence-electron chi connectivity index (χ1n) is 8.85. The van der Waals surface area contributed by atoms with Gasteiger partial charge in [-0.3, -0.25) is 4.79 Å². The van der Waals surface area contributed by atoms with Gasteiger partial charge in [-0.05, 0) is 36.6 Å². The molecule has 0 saturated carbocycles. The zero-order valence-corrected chi connectivity index (χ0v) is 15.3. The standard InChI is InChI=1S/C22H25N3O/c1-16-12-21(17(2)25(16)15-20-6-4-3-5-7-20)22(26)24-14-19-10-8-18(13-23)9-11-19/h3-12H,13-15,23H2,1-2H3,(H,24,26). The molecule has 0 aliphatic carbocycles. The number of nitrogens with one attached hydrogen (secondary N) is 1. The van der Waals surface area contributed by atoms with E-state index in [-0.39, 0.29) is 5.91 Å². The van der Waals surface area contributed by atoms with E-state index in [4.69, 9.17) is 5.73 Å². The minimum Gasteiger partial charge on any atom is -0.348 e. The summed E-state index contributed by atoms with van der Waals surface area (Å²) in [5.41, 5.74) is 11.8. The summed E-state index contributed by atoms with van der Waals surface area (Å²) in [4.78, 5) is 12.6. The normalized spacial score (nSPS) is 10.7. The summed E-state index contributed by atoms with van der Waals surface area (Å²) in [5, 5.41) is 3.01. The van der Waals surface area contributed by atoms with Gasteiger partial charge in [-0.15, -0.1) is 0 Å². The molecule has 3 aromatic rings. The summed E-state index contributed by atoms with van der Waals surface area (Å²) in [6.07, 6.45) is 0. The van der Waals surface area contributed by atoms with Crippen LogP contribution in [0.3, 0.4) is 0 Å². The van der Waals surface area contributed by atoms with Crippen molar-refractivity contribution in [2.75, 3.05) is 0 Å². The molecule has 0 aliphatic rings. The van der Waals surface area contributed by atoms with E-state index in [1.807, 2.05) is 62.4 Å². The van der Waals surface area contributed by atoms with Crippen LogP contribution in [-0.4, -0.2) is 10.5 Å². The van der Waals surface area contributed by atoms with Crippen LogP contribution in [0.2, 0.25) is 0 Å². The largest absolute Gasteiger partial charge is 0.348 e. The van der Waals surface area contributed by atoms with Crippen molar-refractivity contribution in [1.82, 2.24) is 9.88 Å². The summed E-state index contributed by atoms with van der Waals surface area (Å²) in [5.74, 6) is -0.0414. The van der Waals surface area contributed by atoms with Crippen molar-refractivity contribution in [2.24, 2.45) is 5.73 Å². The lowest BCUT2D eigenvalue weighted by molar-refractivity contribution is 0.0950. The highest BCUT2D eigenvalue weighted by molar-refractivity contribution is 5.95. The van der Waals surface area contributed by atoms with Gasteiger partial charge in [-0.25, -0.2) is 0 Å². The molecule has 0 radical (unpaired) electrons. The average Bonchev–Trinajstić information content (AvgIpc) is 2.95. The Kier molecular flexibility index (Phi) is 5.54. The smallest absolute Gasteiger partial charge is 0.253 e. The molecule has 3 N–H and O–H groups in total. The highest BCUT2D eigenvalue weighted by atomic mass is 16.1. The Morgan fingerprint density at radius 3 is 2.27 bits per heavy atom. The molecule has 0 saturated heterocycles. The third kappa shape index (κ3) is 4.03. The second kappa shape index (κ2) is 8.02. The maximum Gasteiger partial charge on any atom is 0.253 e. The van der Waals surface area contributed by atoms with Crippen LogP contribution in [0, 0.1) is 13.8 Å². The van der Waals surface area contributed by atoms with E-state index >= 15 is 0 Å². The lowest BCUT2D eigenvalue weighted by Gasteiger charge is -2.10. The maximum absolute atomic E-state index is 12.6. The topological polar surface area (TPSA) is 60.1 Å². The second-order valence-corrected chi connectivity index (χ2v) is 6.56. The second-order valence-electron chi connectivity index (χ2n) is 6.56. The molecule has 0 aliphatic heterocycles. The Labute approximate surface area is 154 Å². The Bertz CT molecular complexity index is 880. The summed E-state index contributed by atoms with van der Waals surface area (Å²) in [7, 11) is 0. The van der Waals surface area contributed by atoms with Gasteiger partial charge in [0, 0.05) is 31.0 Å². The number of hydrogen-bond donors (Lipinski definition) is 2. The highest BCUT2D eigenvalue weighted by Gasteiger charge is 2.15. The Morgan fingerprint density at radius 1 is 0.962 bits per heavy atom. The Morgan fingerprint density at radius 2 is 1.62 bits per heavy atom. The number of hydrogen-bond acceptors (Lipinski definition) is 2. The van der Waals surface area contributed by atoms with Crippen molar-refractivity contribution in [2.45, 2.75) is 33.5 Å². The molecule has 1 heterocycles. The van der Waals surface area contributed by atoms with Crippen LogP contribution < -0.4 is 11.1 Å². The van der Waals surface area contributed by atoms with E-state index < -0.39 is 0 Å². The first kappa shape index (κ1) is 18.0. The van der Waals surface area contributed by atoms with Gasteiger partial charge in [-0.1, -0.05) is 54.6 Å². The van der Waals surface area contributed by atoms with Crippen LogP contribution >= 0.6 is 0 Å². The molecular weight excluding hydrogens is 322 g/mol. The fraction of sp³-hybridized carbons (Fsp3) is 0.227. The van der Waals surface area contributed by atoms with Crippen LogP contribution in [-0.2, 0) is 19.6 Å². The highest BCUT2D eigenvalue weighted by Crippen LogP contribution is 2.17. The van der Waals surface area contributed by atoms with Crippen LogP contribution in [0.4, 0.5) is 0 Å². The maximum atomic E-state index is 12.6. The van der Waals surface area contributed by atoms with Gasteiger partial charge in [0.05, 0.1) is 5.56 Å². The van der Waals surface area contributed by atoms with Gasteiger partial charge in [0.2, 0.25) is 0 Å². The van der Waals surface area contributed by atoms with Gasteiger partial charge in [0.15, 0.2) is 0 Å². The molecule has 1 aromatic heterocycles. The zero-order valence-electron chi connectivity index (χ0n) is 15.3. The van der Waals surface area contributed by atoms with Crippen molar-refractivity contribution in [3.05, 3.63) is 94.3 Å². The Hall–Kier alpha value is -2.85. The van der Waals surface area contributed by atoms with Gasteiger partial charge in [0.25, 0.3) is 5.91 Å². The first-order chi connectivity index (χ1) is 12.6. The number of amides is 1. The van der Waals surface area contributed by atoms with E-state index in [1.165, 1.54) is 5.56 Å². The van der Waals surface area contributed by atoms with Gasteiger partial charge in [0.1, 0.15) is 0 Å². The molecule has 0 spiro atoms. The molecule has 2 aromatic carbocycles. The van der Waals surface area contributed by atoms with Crippen molar-refractivity contribution >= 4 is 5.91 Å². The number of rotatable bonds is 6. The lowest BCUT2D eigenvalue weighted by Crippen LogP contribution is -2.23. The first-order valence-corrected chi connectivity index (χ1v) is 8.85. The molecule has 0 atom stereocenters. The van der Waals surface area contributed by atoms with Crippen LogP contribution in [0.15, 0.2) is 60.7 Å². The summed E-state index contributed by atoms with van der Waals surface area (Å²) < 4.78 is 2.18. The molecule has 0 unspecified atom stereocenters. The molecule has 0 fully saturated rings. The van der Waals surface area contributed by atoms with Crippen LogP contribution in [0.5, 0.6) is 0 Å². The summed E-state index contributed by atoms with van der Waals surface area (Å²) in [6, 6.07) is 20.2. The van der Waals surface area contributed by atoms with Gasteiger partial charge >= 0.3 is 0 Å². The SMILES string of the molecule is Cc1cc(C(=O)NCc2ccc(CN)cc2)c(C)n1Cc1ccccc1. The third-order valence-corrected chi connectivity index (χ3v) is 4.71. The van der Waals surface area contributed by atoms with E-state index in [0.29, 0.717) is 13.1 Å². The quantitative estimate of drug-likeness (QED) is 0.716. The minimum absolute atomic E-state index is 0.0414. The minimum atomic E-state index is -0.0414. The predicted molar refractivity (Wildman–Crippen MR) is 105 cm³/mol. The van der Waals surface area contributed by atoms with Crippen molar-refractivity contribution < 1.29 is 4.79 Å². The van der Waals surface area contributed by atoms with E-state index in [0.717, 1.165) is 34.6 Å². The fourth-order valence-electron chi connectivity index (χ4n) is 3.11. The monoisotopic (exact) mass is 347 g/mol. The zero-order chi connectivity index (χ0) is 18.5. The number of nitrogens with zero attached hydrogens (tertiary/aromatic N) is 1. The molecular formula is C22H25N3O. The molecule has 1 amide bonds. The van der Waals surface area contributed by atoms with E-state index in [2.05, 4.69) is 22.0 Å². The lowest BCUT2D eigenvalue weighted by atomic mass is 10.1. The number of carbonyl (C=O) groups is 1. The van der Waals surface area contributed by atoms with E-state index in [1.54, 1.807) is 0 Å². The summed E-state index contributed by atoms with van der Waals surface area (Å²) >= 11 is 0. The summed E-state index contributed by atoms with van der Waals surface area (Å²) in [6.45, 7) is 5.84. The molecule has 4 nitrogen and oxygen atoms in total. The third-order valence-electron chi connectivity index (χ3n) is 4.71. The fourth-order valence-corrected chi connectivity index (χ4v) is 3.11. The average molecular weight is 347 g/mol. The number of aryl methyl sites for hydroxylation is 1. The molecule has 134 valence electrons. The van der Waals surface area contributed by atoms with Crippen LogP contribution in [0.1, 0.15) is 38.4 Å². The van der Waals surface area contributed by atoms with Crippen molar-refractivity contribution in [3.8, 4) is 0 Å². The molecule has 4 heteroatoms. The van der Waals surface area contributed by atoms with Crippen molar-refractivity contribution in [3.63, 3.8) is 0 Å². The van der Waals surface area contributed by atoms with E-state index in [9.17, 15) is 4.79 Å².